The molecule has 0 radical (unpaired) electrons. The molecule has 1 nitrogen and oxygen atoms in total. The van der Waals surface area contributed by atoms with E-state index >= 15 is 0 Å². The maximum atomic E-state index is 13.0. The monoisotopic (exact) mass is 258 g/mol. The van der Waals surface area contributed by atoms with Crippen molar-refractivity contribution in [1.29, 1.82) is 0 Å². The van der Waals surface area contributed by atoms with Gasteiger partial charge in [0.2, 0.25) is 0 Å². The minimum atomic E-state index is 0.152. The van der Waals surface area contributed by atoms with Crippen molar-refractivity contribution in [3.63, 3.8) is 0 Å². The molecule has 0 aromatic heterocycles. The molecule has 104 valence electrons. The van der Waals surface area contributed by atoms with Gasteiger partial charge in [-0.15, -0.1) is 0 Å². The highest BCUT2D eigenvalue weighted by molar-refractivity contribution is 6.01. The molecule has 1 saturated carbocycles. The van der Waals surface area contributed by atoms with E-state index < -0.39 is 0 Å². The first kappa shape index (κ1) is 14.3. The number of carbonyl (C=O) groups excluding carboxylic acids is 1. The van der Waals surface area contributed by atoms with Crippen molar-refractivity contribution in [2.75, 3.05) is 0 Å². The van der Waals surface area contributed by atoms with Crippen LogP contribution < -0.4 is 0 Å². The fraction of sp³-hybridized carbons (Fsp3) is 0.611. The van der Waals surface area contributed by atoms with Crippen LogP contribution in [0.5, 0.6) is 0 Å². The summed E-state index contributed by atoms with van der Waals surface area (Å²) in [6.07, 6.45) is 4.69. The Kier molecular flexibility index (Phi) is 3.85. The molecule has 1 aromatic carbocycles. The molecule has 1 aliphatic carbocycles. The second-order valence-electron chi connectivity index (χ2n) is 6.92. The summed E-state index contributed by atoms with van der Waals surface area (Å²) in [5.41, 5.74) is 4.66. The van der Waals surface area contributed by atoms with E-state index in [-0.39, 0.29) is 11.3 Å². The molecule has 0 saturated heterocycles. The van der Waals surface area contributed by atoms with Crippen molar-refractivity contribution in [1.82, 2.24) is 0 Å². The zero-order chi connectivity index (χ0) is 14.2. The molecule has 1 heteroatoms. The number of hydrogen-bond donors (Lipinski definition) is 0. The summed E-state index contributed by atoms with van der Waals surface area (Å²) in [6, 6.07) is 4.27. The predicted molar refractivity (Wildman–Crippen MR) is 80.7 cm³/mol. The Labute approximate surface area is 117 Å². The number of benzene rings is 1. The van der Waals surface area contributed by atoms with Gasteiger partial charge in [-0.1, -0.05) is 44.4 Å². The van der Waals surface area contributed by atoms with E-state index in [0.717, 1.165) is 23.1 Å². The lowest BCUT2D eigenvalue weighted by atomic mass is 9.65. The van der Waals surface area contributed by atoms with Crippen molar-refractivity contribution in [3.8, 4) is 0 Å². The maximum absolute atomic E-state index is 13.0. The molecular weight excluding hydrogens is 232 g/mol. The average molecular weight is 258 g/mol. The van der Waals surface area contributed by atoms with Gasteiger partial charge in [-0.3, -0.25) is 4.79 Å². The van der Waals surface area contributed by atoms with Crippen LogP contribution in [0.1, 0.15) is 66.6 Å². The lowest BCUT2D eigenvalue weighted by molar-refractivity contribution is 0.0696. The fourth-order valence-corrected chi connectivity index (χ4v) is 3.72. The van der Waals surface area contributed by atoms with Crippen LogP contribution >= 0.6 is 0 Å². The lowest BCUT2D eigenvalue weighted by Gasteiger charge is -2.38. The summed E-state index contributed by atoms with van der Waals surface area (Å²) in [7, 11) is 0. The molecule has 0 aliphatic heterocycles. The Hall–Kier alpha value is -1.11. The molecule has 19 heavy (non-hydrogen) atoms. The summed E-state index contributed by atoms with van der Waals surface area (Å²) in [6.45, 7) is 10.8. The predicted octanol–water partition coefficient (Wildman–Crippen LogP) is 5.01. The van der Waals surface area contributed by atoms with Crippen LogP contribution in [0, 0.1) is 32.1 Å². The average Bonchev–Trinajstić information content (AvgIpc) is 2.26. The molecule has 1 aliphatic rings. The summed E-state index contributed by atoms with van der Waals surface area (Å²) in [4.78, 5) is 13.0. The van der Waals surface area contributed by atoms with Gasteiger partial charge in [-0.25, -0.2) is 0 Å². The number of rotatable bonds is 2. The Balaban J connectivity index is 2.39. The number of aryl methyl sites for hydroxylation is 3. The smallest absolute Gasteiger partial charge is 0.167 e. The molecule has 1 fully saturated rings. The van der Waals surface area contributed by atoms with Gasteiger partial charge < -0.3 is 0 Å². The minimum absolute atomic E-state index is 0.152. The van der Waals surface area contributed by atoms with Crippen LogP contribution in [-0.4, -0.2) is 5.78 Å². The third-order valence-corrected chi connectivity index (χ3v) is 4.75. The van der Waals surface area contributed by atoms with Gasteiger partial charge in [0.05, 0.1) is 0 Å². The van der Waals surface area contributed by atoms with Gasteiger partial charge in [0.25, 0.3) is 0 Å². The zero-order valence-electron chi connectivity index (χ0n) is 13.0. The quantitative estimate of drug-likeness (QED) is 0.681. The SMILES string of the molecule is Cc1cc(C)c(C(=O)C2CCCCC2(C)C)c(C)c1. The number of Topliss-reactive ketones (excluding diaryl/α,β-unsaturated/α-hetero) is 1. The van der Waals surface area contributed by atoms with Crippen molar-refractivity contribution < 1.29 is 4.79 Å². The van der Waals surface area contributed by atoms with Gasteiger partial charge in [-0.05, 0) is 50.2 Å². The van der Waals surface area contributed by atoms with Crippen molar-refractivity contribution in [3.05, 3.63) is 34.4 Å². The highest BCUT2D eigenvalue weighted by Crippen LogP contribution is 2.42. The number of ketones is 1. The van der Waals surface area contributed by atoms with E-state index in [4.69, 9.17) is 0 Å². The molecule has 0 heterocycles. The first-order valence-corrected chi connectivity index (χ1v) is 7.45. The molecule has 0 bridgehead atoms. The van der Waals surface area contributed by atoms with E-state index in [0.29, 0.717) is 5.78 Å². The van der Waals surface area contributed by atoms with Crippen LogP contribution in [0.4, 0.5) is 0 Å². The highest BCUT2D eigenvalue weighted by atomic mass is 16.1. The third-order valence-electron chi connectivity index (χ3n) is 4.75. The second-order valence-corrected chi connectivity index (χ2v) is 6.92. The van der Waals surface area contributed by atoms with Crippen molar-refractivity contribution >= 4 is 5.78 Å². The summed E-state index contributed by atoms with van der Waals surface area (Å²) in [5.74, 6) is 0.570. The van der Waals surface area contributed by atoms with Gasteiger partial charge in [0.1, 0.15) is 0 Å². The van der Waals surface area contributed by atoms with E-state index in [1.165, 1.54) is 24.8 Å². The minimum Gasteiger partial charge on any atom is -0.294 e. The summed E-state index contributed by atoms with van der Waals surface area (Å²) in [5, 5.41) is 0. The Bertz CT molecular complexity index is 473. The van der Waals surface area contributed by atoms with Crippen LogP contribution in [0.3, 0.4) is 0 Å². The zero-order valence-corrected chi connectivity index (χ0v) is 13.0. The number of carbonyl (C=O) groups is 1. The molecule has 1 aromatic rings. The molecule has 0 spiro atoms. The second kappa shape index (κ2) is 5.11. The third kappa shape index (κ3) is 2.75. The molecule has 1 unspecified atom stereocenters. The van der Waals surface area contributed by atoms with Gasteiger partial charge in [0.15, 0.2) is 5.78 Å². The Morgan fingerprint density at radius 2 is 1.68 bits per heavy atom. The Morgan fingerprint density at radius 3 is 2.21 bits per heavy atom. The highest BCUT2D eigenvalue weighted by Gasteiger charge is 2.38. The summed E-state index contributed by atoms with van der Waals surface area (Å²) >= 11 is 0. The largest absolute Gasteiger partial charge is 0.294 e. The van der Waals surface area contributed by atoms with E-state index in [1.807, 2.05) is 0 Å². The van der Waals surface area contributed by atoms with E-state index in [1.54, 1.807) is 0 Å². The molecule has 0 amide bonds. The molecular formula is C18H26O. The molecule has 1 atom stereocenters. The van der Waals surface area contributed by atoms with Crippen LogP contribution in [0.15, 0.2) is 12.1 Å². The fourth-order valence-electron chi connectivity index (χ4n) is 3.72. The van der Waals surface area contributed by atoms with Crippen LogP contribution in [-0.2, 0) is 0 Å². The molecule has 0 N–H and O–H groups in total. The van der Waals surface area contributed by atoms with Crippen LogP contribution in [0.2, 0.25) is 0 Å². The topological polar surface area (TPSA) is 17.1 Å². The lowest BCUT2D eigenvalue weighted by Crippen LogP contribution is -2.34. The number of hydrogen-bond acceptors (Lipinski definition) is 1. The Morgan fingerprint density at radius 1 is 1.11 bits per heavy atom. The maximum Gasteiger partial charge on any atom is 0.167 e. The van der Waals surface area contributed by atoms with Crippen molar-refractivity contribution in [2.45, 2.75) is 60.3 Å². The van der Waals surface area contributed by atoms with E-state index in [9.17, 15) is 4.79 Å². The van der Waals surface area contributed by atoms with Crippen molar-refractivity contribution in [2.24, 2.45) is 11.3 Å². The van der Waals surface area contributed by atoms with Gasteiger partial charge in [0, 0.05) is 11.5 Å². The molecule has 2 rings (SSSR count). The first-order valence-electron chi connectivity index (χ1n) is 7.45. The van der Waals surface area contributed by atoms with E-state index in [2.05, 4.69) is 46.8 Å². The van der Waals surface area contributed by atoms with Crippen LogP contribution in [0.25, 0.3) is 0 Å². The summed E-state index contributed by atoms with van der Waals surface area (Å²) < 4.78 is 0. The van der Waals surface area contributed by atoms with Gasteiger partial charge >= 0.3 is 0 Å². The standard InChI is InChI=1S/C18H26O/c1-12-10-13(2)16(14(3)11-12)17(19)15-8-6-7-9-18(15,4)5/h10-11,15H,6-9H2,1-5H3. The first-order chi connectivity index (χ1) is 8.83. The van der Waals surface area contributed by atoms with Gasteiger partial charge in [-0.2, -0.15) is 0 Å². The normalized spacial score (nSPS) is 22.3.